The van der Waals surface area contributed by atoms with Crippen LogP contribution in [0.15, 0.2) is 57.7 Å². The van der Waals surface area contributed by atoms with Crippen LogP contribution in [0.5, 0.6) is 11.6 Å². The molecule has 0 amide bonds. The number of carbonyl (C=O) groups excluding carboxylic acids is 3. The molecular weight excluding hydrogens is 761 g/mol. The molecule has 0 saturated heterocycles. The molecule has 1 aromatic heterocycles. The second kappa shape index (κ2) is 14.9. The molecule has 4 atom stereocenters. The predicted molar refractivity (Wildman–Crippen MR) is 219 cm³/mol. The molecule has 0 aliphatic heterocycles. The average molecular weight is 815 g/mol. The Hall–Kier alpha value is -5.15. The summed E-state index contributed by atoms with van der Waals surface area (Å²) in [4.78, 5) is 51.7. The van der Waals surface area contributed by atoms with Gasteiger partial charge in [-0.1, -0.05) is 56.2 Å². The monoisotopic (exact) mass is 814 g/mol. The molecule has 0 spiro atoms. The normalized spacial score (nSPS) is 23.0. The molecular formula is C42H54N6O9Si. The number of benzene rings is 2. The number of ether oxygens (including phenoxy) is 3. The molecule has 3 aliphatic carbocycles. The number of hydrogen-bond acceptors (Lipinski definition) is 13. The molecule has 0 radical (unpaired) electrons. The molecule has 310 valence electrons. The zero-order valence-electron chi connectivity index (χ0n) is 35.4. The van der Waals surface area contributed by atoms with E-state index in [0.717, 1.165) is 5.56 Å². The third-order valence-electron chi connectivity index (χ3n) is 11.9. The second-order valence-electron chi connectivity index (χ2n) is 18.4. The van der Waals surface area contributed by atoms with E-state index in [1.807, 2.05) is 102 Å². The van der Waals surface area contributed by atoms with E-state index in [1.165, 1.54) is 6.07 Å². The van der Waals surface area contributed by atoms with Crippen molar-refractivity contribution in [2.24, 2.45) is 16.4 Å². The van der Waals surface area contributed by atoms with Gasteiger partial charge in [0.1, 0.15) is 29.3 Å². The van der Waals surface area contributed by atoms with Crippen molar-refractivity contribution >= 4 is 37.5 Å². The van der Waals surface area contributed by atoms with Gasteiger partial charge in [0, 0.05) is 48.1 Å². The maximum Gasteiger partial charge on any atom is 0.514 e. The van der Waals surface area contributed by atoms with E-state index in [2.05, 4.69) is 15.2 Å². The molecule has 2 aromatic carbocycles. The molecule has 1 N–H and O–H groups in total. The van der Waals surface area contributed by atoms with Gasteiger partial charge in [-0.25, -0.2) is 4.79 Å². The lowest BCUT2D eigenvalue weighted by Crippen LogP contribution is -2.70. The van der Waals surface area contributed by atoms with Gasteiger partial charge < -0.3 is 33.2 Å². The summed E-state index contributed by atoms with van der Waals surface area (Å²) in [6.07, 6.45) is -0.895. The summed E-state index contributed by atoms with van der Waals surface area (Å²) in [5.41, 5.74) is 7.27. The van der Waals surface area contributed by atoms with Crippen LogP contribution in [0, 0.1) is 11.3 Å². The number of hydrogen-bond donors (Lipinski definition) is 1. The van der Waals surface area contributed by atoms with Crippen LogP contribution in [-0.4, -0.2) is 87.1 Å². The Bertz CT molecular complexity index is 2210. The zero-order chi connectivity index (χ0) is 42.7. The highest BCUT2D eigenvalue weighted by atomic mass is 28.4. The molecule has 1 heterocycles. The van der Waals surface area contributed by atoms with Gasteiger partial charge in [0.05, 0.1) is 11.6 Å². The van der Waals surface area contributed by atoms with Gasteiger partial charge in [-0.3, -0.25) is 14.5 Å². The fourth-order valence-corrected chi connectivity index (χ4v) is 9.79. The number of aromatic nitrogens is 1. The Balaban J connectivity index is 1.65. The topological polar surface area (TPSA) is 190 Å². The lowest BCUT2D eigenvalue weighted by Gasteiger charge is -2.58. The van der Waals surface area contributed by atoms with Crippen molar-refractivity contribution in [2.45, 2.75) is 96.4 Å². The predicted octanol–water partition coefficient (Wildman–Crippen LogP) is 8.60. The summed E-state index contributed by atoms with van der Waals surface area (Å²) in [5, 5.41) is 20.5. The minimum atomic E-state index is -3.06. The highest BCUT2D eigenvalue weighted by Gasteiger charge is 2.71. The minimum Gasteiger partial charge on any atom is -0.507 e. The lowest BCUT2D eigenvalue weighted by molar-refractivity contribution is -0.143. The van der Waals surface area contributed by atoms with Crippen molar-refractivity contribution in [3.05, 3.63) is 86.5 Å². The van der Waals surface area contributed by atoms with Crippen molar-refractivity contribution in [3.63, 3.8) is 0 Å². The number of carbonyl (C=O) groups is 3. The highest BCUT2D eigenvalue weighted by molar-refractivity contribution is 6.74. The number of anilines is 1. The van der Waals surface area contributed by atoms with E-state index in [-0.39, 0.29) is 60.1 Å². The summed E-state index contributed by atoms with van der Waals surface area (Å²) < 4.78 is 30.7. The number of nitrogens with zero attached hydrogens (tertiary/aromatic N) is 6. The molecule has 3 aromatic rings. The average Bonchev–Trinajstić information content (AvgIpc) is 3.53. The van der Waals surface area contributed by atoms with Gasteiger partial charge in [-0.05, 0) is 99.8 Å². The quantitative estimate of drug-likeness (QED) is 0.0391. The van der Waals surface area contributed by atoms with Crippen LogP contribution in [0.4, 0.5) is 10.5 Å². The number of rotatable bonds is 10. The van der Waals surface area contributed by atoms with Gasteiger partial charge >= 0.3 is 6.16 Å². The highest BCUT2D eigenvalue weighted by Crippen LogP contribution is 2.63. The van der Waals surface area contributed by atoms with E-state index in [0.29, 0.717) is 11.3 Å². The Morgan fingerprint density at radius 1 is 1.03 bits per heavy atom. The maximum atomic E-state index is 16.1. The summed E-state index contributed by atoms with van der Waals surface area (Å²) in [6, 6.07) is 11.9. The largest absolute Gasteiger partial charge is 0.514 e. The summed E-state index contributed by atoms with van der Waals surface area (Å²) in [6.45, 7) is 14.9. The van der Waals surface area contributed by atoms with Crippen molar-refractivity contribution in [2.75, 3.05) is 39.6 Å². The molecule has 15 nitrogen and oxygen atoms in total. The fraction of sp³-hybridized carbons (Fsp3) is 0.524. The number of aliphatic hydroxyl groups is 1. The Kier molecular flexibility index (Phi) is 10.9. The standard InChI is InChI=1S/C42H54N6O9Si/c1-39(2,3)55-38(52)54-28-19-18-27(47(7)8)25-20-41(23-44-46-43)21-26-32(48(9)10)34-30(37(45-56-34)53-22-24-16-14-13-15-17-24)35(50)42(26,57-58(11,12)40(4,5)6)36(51)31(41)33(49)29(25)28/h13-19,26,32,49H,20-23H2,1-12H3/t26-,32-,41-,42+/m0/s1. The number of aliphatic hydroxyl groups excluding tert-OH is 1. The van der Waals surface area contributed by atoms with E-state index in [4.69, 9.17) is 23.2 Å². The van der Waals surface area contributed by atoms with E-state index >= 15 is 9.59 Å². The van der Waals surface area contributed by atoms with E-state index in [9.17, 15) is 15.4 Å². The van der Waals surface area contributed by atoms with Crippen LogP contribution in [0.25, 0.3) is 16.2 Å². The van der Waals surface area contributed by atoms with Gasteiger partial charge in [0.15, 0.2) is 19.7 Å². The number of fused-ring (bicyclic) bond motifs is 4. The molecule has 16 heteroatoms. The minimum absolute atomic E-state index is 0.0133. The first kappa shape index (κ1) is 42.5. The second-order valence-corrected chi connectivity index (χ2v) is 23.2. The summed E-state index contributed by atoms with van der Waals surface area (Å²) in [7, 11) is 4.24. The van der Waals surface area contributed by atoms with Crippen LogP contribution < -0.4 is 14.4 Å². The van der Waals surface area contributed by atoms with Crippen LogP contribution in [0.1, 0.15) is 86.8 Å². The first-order chi connectivity index (χ1) is 27.0. The zero-order valence-corrected chi connectivity index (χ0v) is 36.4. The Morgan fingerprint density at radius 2 is 1.71 bits per heavy atom. The lowest BCUT2D eigenvalue weighted by atomic mass is 9.51. The molecule has 0 bridgehead atoms. The van der Waals surface area contributed by atoms with Gasteiger partial charge in [-0.15, -0.1) is 0 Å². The molecule has 3 aliphatic rings. The molecule has 58 heavy (non-hydrogen) atoms. The van der Waals surface area contributed by atoms with E-state index in [1.54, 1.807) is 26.8 Å². The Morgan fingerprint density at radius 3 is 2.29 bits per heavy atom. The molecule has 1 saturated carbocycles. The van der Waals surface area contributed by atoms with Crippen molar-refractivity contribution in [1.29, 1.82) is 0 Å². The first-order valence-corrected chi connectivity index (χ1v) is 22.2. The summed E-state index contributed by atoms with van der Waals surface area (Å²) >= 11 is 0. The maximum absolute atomic E-state index is 16.1. The van der Waals surface area contributed by atoms with Crippen molar-refractivity contribution in [3.8, 4) is 11.6 Å². The third-order valence-corrected chi connectivity index (χ3v) is 16.3. The fourth-order valence-electron chi connectivity index (χ4n) is 8.34. The number of ketones is 2. The molecule has 0 unspecified atom stereocenters. The van der Waals surface area contributed by atoms with Gasteiger partial charge in [0.25, 0.3) is 5.88 Å². The smallest absolute Gasteiger partial charge is 0.507 e. The molecule has 6 rings (SSSR count). The van der Waals surface area contributed by atoms with Crippen LogP contribution in [-0.2, 0) is 27.0 Å². The van der Waals surface area contributed by atoms with E-state index < -0.39 is 65.4 Å². The Labute approximate surface area is 340 Å². The molecule has 1 fully saturated rings. The first-order valence-electron chi connectivity index (χ1n) is 19.3. The van der Waals surface area contributed by atoms with Crippen LogP contribution in [0.2, 0.25) is 18.1 Å². The number of azide groups is 1. The van der Waals surface area contributed by atoms with Crippen molar-refractivity contribution < 1.29 is 42.6 Å². The third kappa shape index (κ3) is 7.16. The van der Waals surface area contributed by atoms with Crippen molar-refractivity contribution in [1.82, 2.24) is 10.1 Å². The van der Waals surface area contributed by atoms with Crippen LogP contribution >= 0.6 is 0 Å². The summed E-state index contributed by atoms with van der Waals surface area (Å²) in [5.74, 6) is -2.81. The number of Topliss-reactive ketones (excluding diaryl/α,β-unsaturated/α-hetero) is 2. The van der Waals surface area contributed by atoms with Gasteiger partial charge in [-0.2, -0.15) is 0 Å². The van der Waals surface area contributed by atoms with Crippen LogP contribution in [0.3, 0.4) is 0 Å². The SMILES string of the molecule is CN(C)c1ccc(OC(=O)OC(C)(C)C)c2c1C[C@@]1(CN=[N+]=[N-])C[C@H]3[C@H](N(C)C)c4onc(OCc5ccccc5)c4C(=O)[C@@]3(O[Si](C)(C)C(C)(C)C)C(=O)C1=C2O. The van der Waals surface area contributed by atoms with Gasteiger partial charge in [0.2, 0.25) is 11.6 Å².